The van der Waals surface area contributed by atoms with E-state index < -0.39 is 17.7 Å². The van der Waals surface area contributed by atoms with Crippen LogP contribution in [0.3, 0.4) is 0 Å². The third-order valence-electron chi connectivity index (χ3n) is 8.01. The number of Topliss-reactive ketones (excluding diaryl/α,β-unsaturated/α-hetero) is 1. The highest BCUT2D eigenvalue weighted by molar-refractivity contribution is 5.97. The Balaban J connectivity index is 1.33. The molecule has 0 radical (unpaired) electrons. The van der Waals surface area contributed by atoms with Gasteiger partial charge in [-0.15, -0.1) is 0 Å². The molecule has 0 aliphatic carbocycles. The molecular weight excluding hydrogens is 474 g/mol. The number of rotatable bonds is 8. The number of hydrogen-bond acceptors (Lipinski definition) is 4. The second kappa shape index (κ2) is 10.4. The molecule has 7 heteroatoms. The summed E-state index contributed by atoms with van der Waals surface area (Å²) in [6.07, 6.45) is 1.36. The van der Waals surface area contributed by atoms with Gasteiger partial charge in [-0.2, -0.15) is 0 Å². The molecule has 1 N–H and O–H groups in total. The van der Waals surface area contributed by atoms with Gasteiger partial charge in [-0.3, -0.25) is 4.79 Å². The number of fused-ring (bicyclic) bond motifs is 3. The summed E-state index contributed by atoms with van der Waals surface area (Å²) in [6, 6.07) is 21.8. The van der Waals surface area contributed by atoms with Gasteiger partial charge in [0.2, 0.25) is 5.78 Å². The van der Waals surface area contributed by atoms with Gasteiger partial charge in [-0.1, -0.05) is 48.5 Å². The Morgan fingerprint density at radius 1 is 1.00 bits per heavy atom. The molecule has 3 heterocycles. The molecule has 0 saturated carbocycles. The van der Waals surface area contributed by atoms with Crippen molar-refractivity contribution in [3.8, 4) is 0 Å². The Kier molecular flexibility index (Phi) is 7.07. The lowest BCUT2D eigenvalue weighted by atomic mass is 9.78. The number of esters is 1. The maximum absolute atomic E-state index is 13.8. The van der Waals surface area contributed by atoms with Crippen LogP contribution >= 0.6 is 0 Å². The summed E-state index contributed by atoms with van der Waals surface area (Å²) in [4.78, 5) is 26.7. The van der Waals surface area contributed by atoms with Crippen molar-refractivity contribution in [1.29, 1.82) is 0 Å². The van der Waals surface area contributed by atoms with Crippen LogP contribution in [0, 0.1) is 17.6 Å². The molecule has 3 fully saturated rings. The van der Waals surface area contributed by atoms with Crippen LogP contribution in [0.2, 0.25) is 0 Å². The Hall–Kier alpha value is -3.58. The molecule has 3 aromatic rings. The second-order valence-electron chi connectivity index (χ2n) is 10.3. The number of benzene rings is 3. The van der Waals surface area contributed by atoms with Crippen molar-refractivity contribution < 1.29 is 27.6 Å². The molecule has 3 aliphatic heterocycles. The van der Waals surface area contributed by atoms with Crippen molar-refractivity contribution in [1.82, 2.24) is 0 Å². The first-order valence-corrected chi connectivity index (χ1v) is 12.8. The van der Waals surface area contributed by atoms with Gasteiger partial charge in [0, 0.05) is 30.0 Å². The molecule has 3 aromatic carbocycles. The number of carbonyl (C=O) groups is 2. The van der Waals surface area contributed by atoms with E-state index in [1.807, 2.05) is 60.7 Å². The number of quaternary nitrogens is 1. The van der Waals surface area contributed by atoms with Crippen LogP contribution in [0.15, 0.2) is 78.9 Å². The molecule has 5 atom stereocenters. The fourth-order valence-corrected chi connectivity index (χ4v) is 5.86. The number of ketones is 1. The Morgan fingerprint density at radius 2 is 1.70 bits per heavy atom. The fourth-order valence-electron chi connectivity index (χ4n) is 5.86. The van der Waals surface area contributed by atoms with Crippen LogP contribution in [0.1, 0.15) is 41.7 Å². The van der Waals surface area contributed by atoms with Gasteiger partial charge < -0.3 is 14.5 Å². The predicted octanol–water partition coefficient (Wildman–Crippen LogP) is 5.54. The van der Waals surface area contributed by atoms with E-state index in [2.05, 4.69) is 12.2 Å². The topological polar surface area (TPSA) is 55.4 Å². The lowest BCUT2D eigenvalue weighted by Crippen LogP contribution is -2.69. The zero-order valence-electron chi connectivity index (χ0n) is 20.8. The zero-order valence-corrected chi connectivity index (χ0v) is 20.8. The Bertz CT molecular complexity index is 1270. The Morgan fingerprint density at radius 3 is 2.38 bits per heavy atom. The maximum atomic E-state index is 13.8. The summed E-state index contributed by atoms with van der Waals surface area (Å²) in [7, 11) is 0. The van der Waals surface area contributed by atoms with Gasteiger partial charge in [0.05, 0.1) is 12.6 Å². The van der Waals surface area contributed by atoms with E-state index in [4.69, 9.17) is 4.74 Å². The second-order valence-corrected chi connectivity index (χ2v) is 10.3. The molecule has 2 bridgehead atoms. The molecule has 3 aliphatic rings. The first kappa shape index (κ1) is 25.1. The van der Waals surface area contributed by atoms with Gasteiger partial charge in [-0.05, 0) is 42.8 Å². The van der Waals surface area contributed by atoms with Crippen LogP contribution in [-0.4, -0.2) is 48.0 Å². The summed E-state index contributed by atoms with van der Waals surface area (Å²) in [5.41, 5.74) is 1.79. The van der Waals surface area contributed by atoms with Crippen molar-refractivity contribution in [3.05, 3.63) is 102 Å². The highest BCUT2D eigenvalue weighted by Gasteiger charge is 2.53. The summed E-state index contributed by atoms with van der Waals surface area (Å²) in [6.45, 7) is 3.60. The van der Waals surface area contributed by atoms with Crippen LogP contribution in [0.5, 0.6) is 0 Å². The first-order valence-electron chi connectivity index (χ1n) is 12.8. The number of anilines is 1. The van der Waals surface area contributed by atoms with E-state index >= 15 is 0 Å². The van der Waals surface area contributed by atoms with Gasteiger partial charge >= 0.3 is 5.97 Å². The Labute approximate surface area is 215 Å². The molecule has 6 rings (SSSR count). The number of ether oxygens (including phenoxy) is 1. The zero-order chi connectivity index (χ0) is 26.0. The number of hydrogen-bond donors (Lipinski definition) is 1. The minimum atomic E-state index is -1.03. The largest absolute Gasteiger partial charge is 0.454 e. The molecule has 192 valence electrons. The number of piperidine rings is 3. The summed E-state index contributed by atoms with van der Waals surface area (Å²) in [5.74, 6) is -2.36. The van der Waals surface area contributed by atoms with E-state index in [1.165, 1.54) is 6.07 Å². The highest BCUT2D eigenvalue weighted by atomic mass is 19.2. The summed E-state index contributed by atoms with van der Waals surface area (Å²) in [5, 5.41) is 3.31. The van der Waals surface area contributed by atoms with Gasteiger partial charge in [0.15, 0.2) is 23.8 Å². The minimum Gasteiger partial charge on any atom is -0.454 e. The number of nitrogens with zero attached hydrogens (tertiary/aromatic N) is 1. The lowest BCUT2D eigenvalue weighted by molar-refractivity contribution is -0.960. The normalized spacial score (nSPS) is 25.3. The average molecular weight is 506 g/mol. The van der Waals surface area contributed by atoms with E-state index in [-0.39, 0.29) is 41.9 Å². The molecule has 5 nitrogen and oxygen atoms in total. The summed E-state index contributed by atoms with van der Waals surface area (Å²) < 4.78 is 33.8. The van der Waals surface area contributed by atoms with Gasteiger partial charge in [0.1, 0.15) is 13.1 Å². The van der Waals surface area contributed by atoms with Crippen molar-refractivity contribution in [3.63, 3.8) is 0 Å². The third kappa shape index (κ3) is 5.27. The van der Waals surface area contributed by atoms with Crippen LogP contribution in [0.4, 0.5) is 14.5 Å². The third-order valence-corrected chi connectivity index (χ3v) is 8.01. The molecule has 5 unspecified atom stereocenters. The van der Waals surface area contributed by atoms with Crippen molar-refractivity contribution in [2.24, 2.45) is 5.92 Å². The number of para-hydroxylation sites is 1. The first-order chi connectivity index (χ1) is 17.8. The summed E-state index contributed by atoms with van der Waals surface area (Å²) >= 11 is 0. The van der Waals surface area contributed by atoms with Crippen LogP contribution in [0.25, 0.3) is 0 Å². The molecule has 0 spiro atoms. The monoisotopic (exact) mass is 505 g/mol. The smallest absolute Gasteiger partial charge is 0.333 e. The number of carbonyl (C=O) groups excluding carboxylic acids is 2. The van der Waals surface area contributed by atoms with E-state index in [0.717, 1.165) is 42.8 Å². The predicted molar refractivity (Wildman–Crippen MR) is 137 cm³/mol. The van der Waals surface area contributed by atoms with E-state index in [9.17, 15) is 18.4 Å². The molecule has 0 aromatic heterocycles. The SMILES string of the molecule is CC1CC2CC[N+]1(CC(=O)c1ccc(F)c(F)c1)CC2OC(=O)C(Nc1ccccc1)c1ccccc1. The number of nitrogens with one attached hydrogen (secondary N) is 1. The molecule has 37 heavy (non-hydrogen) atoms. The fraction of sp³-hybridized carbons (Fsp3) is 0.333. The minimum absolute atomic E-state index is 0.163. The van der Waals surface area contributed by atoms with Crippen molar-refractivity contribution in [2.45, 2.75) is 38.0 Å². The molecule has 3 saturated heterocycles. The van der Waals surface area contributed by atoms with Gasteiger partial charge in [0.25, 0.3) is 0 Å². The van der Waals surface area contributed by atoms with Gasteiger partial charge in [-0.25, -0.2) is 13.6 Å². The van der Waals surface area contributed by atoms with Crippen LogP contribution < -0.4 is 5.32 Å². The average Bonchev–Trinajstić information content (AvgIpc) is 2.91. The maximum Gasteiger partial charge on any atom is 0.333 e. The molecule has 0 amide bonds. The van der Waals surface area contributed by atoms with Crippen LogP contribution in [-0.2, 0) is 9.53 Å². The van der Waals surface area contributed by atoms with Crippen molar-refractivity contribution >= 4 is 17.4 Å². The molecular formula is C30H31F2N2O3+. The number of halogens is 2. The van der Waals surface area contributed by atoms with Crippen molar-refractivity contribution in [2.75, 3.05) is 25.0 Å². The van der Waals surface area contributed by atoms with E-state index in [0.29, 0.717) is 11.0 Å². The van der Waals surface area contributed by atoms with E-state index in [1.54, 1.807) is 0 Å². The standard InChI is InChI=1S/C30H31F2N2O3/c1-20-16-23-14-15-34(20,18-27(35)22-12-13-25(31)26(32)17-22)19-28(23)37-30(36)29(21-8-4-2-5-9-21)33-24-10-6-3-7-11-24/h2-13,17,20,23,28-29,33H,14-16,18-19H2,1H3/q+1. The highest BCUT2D eigenvalue weighted by Crippen LogP contribution is 2.40. The lowest BCUT2D eigenvalue weighted by Gasteiger charge is -2.55. The quantitative estimate of drug-likeness (QED) is 0.248.